The van der Waals surface area contributed by atoms with Crippen LogP contribution in [0.15, 0.2) is 22.7 Å². The summed E-state index contributed by atoms with van der Waals surface area (Å²) in [6.07, 6.45) is 2.67. The summed E-state index contributed by atoms with van der Waals surface area (Å²) in [5.74, 6) is 2.70. The van der Waals surface area contributed by atoms with Crippen molar-refractivity contribution in [3.05, 3.63) is 33.8 Å². The Morgan fingerprint density at radius 2 is 2.15 bits per heavy atom. The highest BCUT2D eigenvalue weighted by Crippen LogP contribution is 2.50. The summed E-state index contributed by atoms with van der Waals surface area (Å²) < 4.78 is 1.23. The van der Waals surface area contributed by atoms with Crippen molar-refractivity contribution >= 4 is 27.7 Å². The van der Waals surface area contributed by atoms with Gasteiger partial charge in [-0.1, -0.05) is 22.0 Å². The van der Waals surface area contributed by atoms with E-state index in [1.54, 1.807) is 11.1 Å². The normalized spacial score (nSPS) is 22.8. The predicted molar refractivity (Wildman–Crippen MR) is 61.5 cm³/mol. The summed E-state index contributed by atoms with van der Waals surface area (Å²) in [4.78, 5) is 0. The Kier molecular flexibility index (Phi) is 1.78. The molecule has 3 rings (SSSR count). The number of fused-ring (bicyclic) bond motifs is 2. The number of aryl methyl sites for hydroxylation is 1. The van der Waals surface area contributed by atoms with Gasteiger partial charge >= 0.3 is 0 Å². The number of benzene rings is 1. The van der Waals surface area contributed by atoms with Crippen LogP contribution in [0.2, 0.25) is 0 Å². The highest BCUT2D eigenvalue weighted by Gasteiger charge is 2.43. The van der Waals surface area contributed by atoms with Gasteiger partial charge in [-0.2, -0.15) is 11.8 Å². The van der Waals surface area contributed by atoms with Crippen molar-refractivity contribution in [2.45, 2.75) is 18.3 Å². The van der Waals surface area contributed by atoms with Gasteiger partial charge in [-0.25, -0.2) is 0 Å². The first-order chi connectivity index (χ1) is 6.30. The predicted octanol–water partition coefficient (Wildman–Crippen LogP) is 3.38. The molecule has 0 amide bonds. The van der Waals surface area contributed by atoms with Gasteiger partial charge < -0.3 is 0 Å². The standard InChI is InChI=1S/C11H11BrS/c12-9-1-2-10-8(5-9)3-4-11(10)6-13-7-11/h1-2,5H,3-4,6-7H2. The Labute approximate surface area is 91.2 Å². The number of hydrogen-bond acceptors (Lipinski definition) is 1. The molecule has 0 unspecified atom stereocenters. The smallest absolute Gasteiger partial charge is 0.0178 e. The lowest BCUT2D eigenvalue weighted by atomic mass is 9.85. The van der Waals surface area contributed by atoms with Crippen molar-refractivity contribution in [1.82, 2.24) is 0 Å². The Morgan fingerprint density at radius 3 is 2.85 bits per heavy atom. The van der Waals surface area contributed by atoms with Crippen LogP contribution in [-0.2, 0) is 11.8 Å². The minimum Gasteiger partial charge on any atom is -0.160 e. The van der Waals surface area contributed by atoms with Crippen molar-refractivity contribution in [2.75, 3.05) is 11.5 Å². The molecule has 0 aromatic heterocycles. The monoisotopic (exact) mass is 254 g/mol. The van der Waals surface area contributed by atoms with Gasteiger partial charge in [0.05, 0.1) is 0 Å². The number of thioether (sulfide) groups is 1. The molecule has 13 heavy (non-hydrogen) atoms. The molecule has 1 aliphatic carbocycles. The van der Waals surface area contributed by atoms with Gasteiger partial charge in [0.1, 0.15) is 0 Å². The molecule has 1 heterocycles. The Hall–Kier alpha value is 0.0500. The Morgan fingerprint density at radius 1 is 1.31 bits per heavy atom. The van der Waals surface area contributed by atoms with Crippen LogP contribution >= 0.6 is 27.7 Å². The van der Waals surface area contributed by atoms with E-state index in [2.05, 4.69) is 45.9 Å². The molecule has 0 radical (unpaired) electrons. The van der Waals surface area contributed by atoms with Crippen LogP contribution in [0.3, 0.4) is 0 Å². The Balaban J connectivity index is 2.11. The summed E-state index contributed by atoms with van der Waals surface area (Å²) >= 11 is 5.63. The van der Waals surface area contributed by atoms with E-state index < -0.39 is 0 Å². The molecule has 68 valence electrons. The first kappa shape index (κ1) is 8.37. The molecule has 1 spiro atoms. The average molecular weight is 255 g/mol. The fourth-order valence-corrected chi connectivity index (χ4v) is 4.15. The summed E-state index contributed by atoms with van der Waals surface area (Å²) in [5, 5.41) is 0. The highest BCUT2D eigenvalue weighted by atomic mass is 79.9. The zero-order valence-corrected chi connectivity index (χ0v) is 9.75. The van der Waals surface area contributed by atoms with Crippen molar-refractivity contribution in [1.29, 1.82) is 0 Å². The molecule has 0 nitrogen and oxygen atoms in total. The summed E-state index contributed by atoms with van der Waals surface area (Å²) in [6.45, 7) is 0. The largest absolute Gasteiger partial charge is 0.160 e. The molecule has 2 heteroatoms. The molecule has 0 bridgehead atoms. The van der Waals surface area contributed by atoms with E-state index >= 15 is 0 Å². The maximum Gasteiger partial charge on any atom is 0.0178 e. The maximum absolute atomic E-state index is 3.54. The number of halogens is 1. The molecular weight excluding hydrogens is 244 g/mol. The number of rotatable bonds is 0. The van der Waals surface area contributed by atoms with E-state index in [0.29, 0.717) is 5.41 Å². The topological polar surface area (TPSA) is 0 Å². The van der Waals surface area contributed by atoms with Gasteiger partial charge in [-0.3, -0.25) is 0 Å². The second-order valence-corrected chi connectivity index (χ2v) is 5.98. The van der Waals surface area contributed by atoms with Gasteiger partial charge in [0, 0.05) is 21.4 Å². The third kappa shape index (κ3) is 1.11. The van der Waals surface area contributed by atoms with Gasteiger partial charge in [-0.15, -0.1) is 0 Å². The van der Waals surface area contributed by atoms with Crippen LogP contribution in [0.4, 0.5) is 0 Å². The third-order valence-corrected chi connectivity index (χ3v) is 5.27. The summed E-state index contributed by atoms with van der Waals surface area (Å²) in [7, 11) is 0. The number of hydrogen-bond donors (Lipinski definition) is 0. The zero-order chi connectivity index (χ0) is 8.89. The van der Waals surface area contributed by atoms with Gasteiger partial charge in [0.25, 0.3) is 0 Å². The van der Waals surface area contributed by atoms with Crippen LogP contribution in [0.1, 0.15) is 17.5 Å². The zero-order valence-electron chi connectivity index (χ0n) is 7.35. The molecule has 0 atom stereocenters. The van der Waals surface area contributed by atoms with Crippen LogP contribution in [0.5, 0.6) is 0 Å². The van der Waals surface area contributed by atoms with Gasteiger partial charge in [0.15, 0.2) is 0 Å². The van der Waals surface area contributed by atoms with E-state index in [1.165, 1.54) is 28.8 Å². The first-order valence-corrected chi connectivity index (χ1v) is 6.62. The van der Waals surface area contributed by atoms with Gasteiger partial charge in [0.2, 0.25) is 0 Å². The van der Waals surface area contributed by atoms with Crippen LogP contribution in [0, 0.1) is 0 Å². The molecule has 1 saturated heterocycles. The molecule has 1 fully saturated rings. The molecule has 1 aliphatic heterocycles. The summed E-state index contributed by atoms with van der Waals surface area (Å²) in [5.41, 5.74) is 3.80. The van der Waals surface area contributed by atoms with E-state index in [0.717, 1.165) is 0 Å². The minimum atomic E-state index is 0.584. The quantitative estimate of drug-likeness (QED) is 0.684. The maximum atomic E-state index is 3.54. The molecule has 0 saturated carbocycles. The van der Waals surface area contributed by atoms with Crippen molar-refractivity contribution in [2.24, 2.45) is 0 Å². The lowest BCUT2D eigenvalue weighted by Crippen LogP contribution is -2.37. The Bertz CT molecular complexity index is 355. The lowest BCUT2D eigenvalue weighted by molar-refractivity contribution is 0.515. The molecule has 1 aromatic rings. The van der Waals surface area contributed by atoms with Crippen LogP contribution in [-0.4, -0.2) is 11.5 Å². The van der Waals surface area contributed by atoms with Crippen molar-refractivity contribution in [3.63, 3.8) is 0 Å². The minimum absolute atomic E-state index is 0.584. The van der Waals surface area contributed by atoms with E-state index in [-0.39, 0.29) is 0 Å². The van der Waals surface area contributed by atoms with Crippen LogP contribution < -0.4 is 0 Å². The van der Waals surface area contributed by atoms with Crippen molar-refractivity contribution < 1.29 is 0 Å². The van der Waals surface area contributed by atoms with E-state index in [9.17, 15) is 0 Å². The first-order valence-electron chi connectivity index (χ1n) is 4.67. The SMILES string of the molecule is Brc1ccc2c(c1)CCC21CSC1. The molecule has 2 aliphatic rings. The van der Waals surface area contributed by atoms with E-state index in [1.807, 2.05) is 0 Å². The molecular formula is C11H11BrS. The van der Waals surface area contributed by atoms with Gasteiger partial charge in [-0.05, 0) is 36.1 Å². The lowest BCUT2D eigenvalue weighted by Gasteiger charge is -2.38. The molecule has 0 N–H and O–H groups in total. The van der Waals surface area contributed by atoms with Crippen LogP contribution in [0.25, 0.3) is 0 Å². The molecule has 1 aromatic carbocycles. The second-order valence-electron chi connectivity index (χ2n) is 4.07. The van der Waals surface area contributed by atoms with Crippen molar-refractivity contribution in [3.8, 4) is 0 Å². The fourth-order valence-electron chi connectivity index (χ4n) is 2.44. The average Bonchev–Trinajstić information content (AvgIpc) is 2.41. The highest BCUT2D eigenvalue weighted by molar-refractivity contribution is 9.10. The second kappa shape index (κ2) is 2.77. The summed E-state index contributed by atoms with van der Waals surface area (Å²) in [6, 6.07) is 6.81. The van der Waals surface area contributed by atoms with E-state index in [4.69, 9.17) is 0 Å². The fraction of sp³-hybridized carbons (Fsp3) is 0.455. The third-order valence-electron chi connectivity index (χ3n) is 3.27.